The Morgan fingerprint density at radius 3 is 2.50 bits per heavy atom. The second-order valence-corrected chi connectivity index (χ2v) is 6.42. The van der Waals surface area contributed by atoms with E-state index in [0.29, 0.717) is 5.92 Å². The summed E-state index contributed by atoms with van der Waals surface area (Å²) in [5.41, 5.74) is 3.02. The third kappa shape index (κ3) is 4.04. The number of allylic oxidation sites excluding steroid dienone is 3. The van der Waals surface area contributed by atoms with Gasteiger partial charge in [-0.1, -0.05) is 38.0 Å². The number of nitrogens with zero attached hydrogens (tertiary/aromatic N) is 1. The van der Waals surface area contributed by atoms with E-state index in [1.54, 1.807) is 6.08 Å². The van der Waals surface area contributed by atoms with E-state index in [0.717, 1.165) is 36.3 Å². The van der Waals surface area contributed by atoms with Crippen LogP contribution in [0.15, 0.2) is 53.8 Å². The Labute approximate surface area is 154 Å². The molecule has 0 radical (unpaired) electrons. The van der Waals surface area contributed by atoms with Gasteiger partial charge in [-0.2, -0.15) is 0 Å². The maximum atomic E-state index is 11.9. The zero-order valence-electron chi connectivity index (χ0n) is 14.0. The van der Waals surface area contributed by atoms with Crippen molar-refractivity contribution in [2.45, 2.75) is 39.0 Å². The van der Waals surface area contributed by atoms with Gasteiger partial charge in [0.1, 0.15) is 0 Å². The lowest BCUT2D eigenvalue weighted by atomic mass is 9.94. The fraction of sp³-hybridized carbons (Fsp3) is 0.400. The minimum atomic E-state index is -0.406. The molecule has 0 amide bonds. The normalized spacial score (nSPS) is 20.5. The topological polar surface area (TPSA) is 37.4 Å². The highest BCUT2D eigenvalue weighted by atomic mass is 79.9. The lowest BCUT2D eigenvalue weighted by Gasteiger charge is -2.30. The van der Waals surface area contributed by atoms with Gasteiger partial charge in [0.15, 0.2) is 0 Å². The molecule has 3 nitrogen and oxygen atoms in total. The predicted molar refractivity (Wildman–Crippen MR) is 103 cm³/mol. The molecule has 3 rings (SSSR count). The molecule has 128 valence electrons. The van der Waals surface area contributed by atoms with E-state index >= 15 is 0 Å². The molecule has 1 saturated heterocycles. The van der Waals surface area contributed by atoms with Crippen molar-refractivity contribution in [1.82, 2.24) is 0 Å². The number of hydrogen-bond acceptors (Lipinski definition) is 3. The maximum Gasteiger partial charge on any atom is 0.227 e. The highest BCUT2D eigenvalue weighted by molar-refractivity contribution is 8.93. The molecule has 1 heterocycles. The van der Waals surface area contributed by atoms with Crippen LogP contribution in [0.2, 0.25) is 0 Å². The second kappa shape index (κ2) is 8.43. The van der Waals surface area contributed by atoms with Crippen molar-refractivity contribution < 1.29 is 9.59 Å². The molecule has 2 aliphatic rings. The minimum Gasteiger partial charge on any atom is -0.341 e. The molecule has 0 saturated carbocycles. The highest BCUT2D eigenvalue weighted by Gasteiger charge is 2.29. The lowest BCUT2D eigenvalue weighted by molar-refractivity contribution is -0.131. The van der Waals surface area contributed by atoms with Gasteiger partial charge >= 0.3 is 0 Å². The molecule has 0 spiro atoms. The third-order valence-corrected chi connectivity index (χ3v) is 4.73. The van der Waals surface area contributed by atoms with E-state index in [-0.39, 0.29) is 22.8 Å². The summed E-state index contributed by atoms with van der Waals surface area (Å²) in [6.45, 7) is 3.13. The molecule has 1 atom stereocenters. The highest BCUT2D eigenvalue weighted by Crippen LogP contribution is 2.35. The number of unbranched alkanes of at least 4 members (excludes halogenated alkanes) is 1. The molecule has 4 heteroatoms. The summed E-state index contributed by atoms with van der Waals surface area (Å²) in [5.74, 6) is -0.201. The molecule has 1 aliphatic carbocycles. The Morgan fingerprint density at radius 2 is 1.79 bits per heavy atom. The van der Waals surface area contributed by atoms with Gasteiger partial charge in [0.05, 0.1) is 0 Å². The average molecular weight is 390 g/mol. The van der Waals surface area contributed by atoms with E-state index in [9.17, 15) is 9.59 Å². The fourth-order valence-corrected chi connectivity index (χ4v) is 3.43. The van der Waals surface area contributed by atoms with Crippen molar-refractivity contribution in [1.29, 1.82) is 0 Å². The summed E-state index contributed by atoms with van der Waals surface area (Å²) >= 11 is 0. The molecular formula is C20H24BrNO2. The first-order valence-corrected chi connectivity index (χ1v) is 8.52. The van der Waals surface area contributed by atoms with Gasteiger partial charge in [0, 0.05) is 24.0 Å². The van der Waals surface area contributed by atoms with Crippen LogP contribution in [-0.4, -0.2) is 18.1 Å². The number of rotatable bonds is 4. The van der Waals surface area contributed by atoms with Gasteiger partial charge in [0.25, 0.3) is 0 Å². The van der Waals surface area contributed by atoms with Gasteiger partial charge in [0.2, 0.25) is 11.6 Å². The van der Waals surface area contributed by atoms with Crippen molar-refractivity contribution in [3.05, 3.63) is 53.8 Å². The second-order valence-electron chi connectivity index (χ2n) is 6.42. The number of halogens is 1. The summed E-state index contributed by atoms with van der Waals surface area (Å²) < 4.78 is 0. The third-order valence-electron chi connectivity index (χ3n) is 4.73. The number of carbonyl (C=O) groups is 2. The molecule has 0 bridgehead atoms. The lowest BCUT2D eigenvalue weighted by Crippen LogP contribution is -2.30. The van der Waals surface area contributed by atoms with E-state index in [4.69, 9.17) is 0 Å². The zero-order chi connectivity index (χ0) is 16.2. The summed E-state index contributed by atoms with van der Waals surface area (Å²) in [4.78, 5) is 25.9. The summed E-state index contributed by atoms with van der Waals surface area (Å²) in [7, 11) is 0. The summed E-state index contributed by atoms with van der Waals surface area (Å²) in [5, 5.41) is 0. The molecule has 24 heavy (non-hydrogen) atoms. The largest absolute Gasteiger partial charge is 0.341 e. The van der Waals surface area contributed by atoms with Crippen LogP contribution in [0.3, 0.4) is 0 Å². The molecule has 0 N–H and O–H groups in total. The van der Waals surface area contributed by atoms with E-state index in [1.165, 1.54) is 25.3 Å². The van der Waals surface area contributed by atoms with Crippen molar-refractivity contribution in [2.75, 3.05) is 11.4 Å². The number of hydrogen-bond donors (Lipinski definition) is 0. The summed E-state index contributed by atoms with van der Waals surface area (Å²) in [6, 6.07) is 10.2. The smallest absolute Gasteiger partial charge is 0.227 e. The standard InChI is InChI=1S/C20H23NO2.BrH/c1-2-3-7-15-10-11-16-12-19(22)20(23)13-18(16)21(14-15)17-8-5-4-6-9-17;/h4-6,8-9,12-13,15H,2-3,7,10-11,14H2,1H3;1H. The van der Waals surface area contributed by atoms with Gasteiger partial charge < -0.3 is 4.90 Å². The van der Waals surface area contributed by atoms with E-state index < -0.39 is 5.78 Å². The van der Waals surface area contributed by atoms with Crippen LogP contribution in [0, 0.1) is 5.92 Å². The number of ketones is 2. The predicted octanol–water partition coefficient (Wildman–Crippen LogP) is 4.63. The Hall–Kier alpha value is -1.68. The molecule has 1 aromatic rings. The SMILES string of the molecule is Br.CCCCC1CCC2=CC(=O)C(=O)C=C2N(c2ccccc2)C1. The van der Waals surface area contributed by atoms with Crippen LogP contribution in [0.4, 0.5) is 5.69 Å². The number of carbonyl (C=O) groups excluding carboxylic acids is 2. The van der Waals surface area contributed by atoms with Crippen LogP contribution in [0.5, 0.6) is 0 Å². The Kier molecular flexibility index (Phi) is 6.55. The first-order chi connectivity index (χ1) is 11.2. The molecule has 1 fully saturated rings. The van der Waals surface area contributed by atoms with Crippen LogP contribution >= 0.6 is 17.0 Å². The molecule has 1 aliphatic heterocycles. The first-order valence-electron chi connectivity index (χ1n) is 8.52. The van der Waals surface area contributed by atoms with Crippen molar-refractivity contribution in [3.63, 3.8) is 0 Å². The molecular weight excluding hydrogens is 366 g/mol. The minimum absolute atomic E-state index is 0. The average Bonchev–Trinajstić information content (AvgIpc) is 2.74. The van der Waals surface area contributed by atoms with E-state index in [2.05, 4.69) is 24.0 Å². The van der Waals surface area contributed by atoms with Gasteiger partial charge in [-0.3, -0.25) is 9.59 Å². The van der Waals surface area contributed by atoms with Crippen molar-refractivity contribution in [3.8, 4) is 0 Å². The maximum absolute atomic E-state index is 11.9. The quantitative estimate of drug-likeness (QED) is 0.556. The number of fused-ring (bicyclic) bond motifs is 1. The van der Waals surface area contributed by atoms with Gasteiger partial charge in [-0.05, 0) is 49.0 Å². The van der Waals surface area contributed by atoms with Crippen molar-refractivity contribution >= 4 is 34.2 Å². The van der Waals surface area contributed by atoms with Gasteiger partial charge in [-0.15, -0.1) is 17.0 Å². The zero-order valence-corrected chi connectivity index (χ0v) is 15.7. The number of para-hydroxylation sites is 1. The monoisotopic (exact) mass is 389 g/mol. The van der Waals surface area contributed by atoms with Crippen LogP contribution in [0.25, 0.3) is 0 Å². The summed E-state index contributed by atoms with van der Waals surface area (Å²) in [6.07, 6.45) is 8.66. The Morgan fingerprint density at radius 1 is 1.08 bits per heavy atom. The van der Waals surface area contributed by atoms with Crippen LogP contribution in [0.1, 0.15) is 39.0 Å². The van der Waals surface area contributed by atoms with Crippen LogP contribution in [-0.2, 0) is 9.59 Å². The van der Waals surface area contributed by atoms with Gasteiger partial charge in [-0.25, -0.2) is 0 Å². The van der Waals surface area contributed by atoms with Crippen LogP contribution < -0.4 is 4.90 Å². The van der Waals surface area contributed by atoms with E-state index in [1.807, 2.05) is 18.2 Å². The molecule has 1 unspecified atom stereocenters. The van der Waals surface area contributed by atoms with Crippen molar-refractivity contribution in [2.24, 2.45) is 5.92 Å². The molecule has 1 aromatic carbocycles. The fourth-order valence-electron chi connectivity index (χ4n) is 3.43. The Bertz CT molecular complexity index is 663. The first kappa shape index (κ1) is 18.7. The number of benzene rings is 1. The molecule has 0 aromatic heterocycles. The Balaban J connectivity index is 0.00000208. The number of anilines is 1.